The number of nitrogen functional groups attached to an aromatic ring is 1. The van der Waals surface area contributed by atoms with E-state index in [9.17, 15) is 0 Å². The van der Waals surface area contributed by atoms with Crippen LogP contribution in [0.4, 0.5) is 0 Å². The van der Waals surface area contributed by atoms with E-state index < -0.39 is 0 Å². The van der Waals surface area contributed by atoms with Crippen LogP contribution in [0.25, 0.3) is 0 Å². The summed E-state index contributed by atoms with van der Waals surface area (Å²) in [5.41, 5.74) is 5.96. The minimum atomic E-state index is -0.0146. The Kier molecular flexibility index (Phi) is 3.89. The molecule has 17 heavy (non-hydrogen) atoms. The molecule has 3 nitrogen and oxygen atoms in total. The number of rotatable bonds is 3. The quantitative estimate of drug-likeness (QED) is 0.640. The van der Waals surface area contributed by atoms with Gasteiger partial charge in [0.25, 0.3) is 0 Å². The van der Waals surface area contributed by atoms with Crippen molar-refractivity contribution in [2.24, 2.45) is 5.73 Å². The Morgan fingerprint density at radius 3 is 2.59 bits per heavy atom. The second kappa shape index (κ2) is 5.41. The summed E-state index contributed by atoms with van der Waals surface area (Å²) in [6.07, 6.45) is 6.33. The molecule has 1 saturated carbocycles. The summed E-state index contributed by atoms with van der Waals surface area (Å²) in [6.45, 7) is 0. The van der Waals surface area contributed by atoms with Crippen molar-refractivity contribution < 1.29 is 4.74 Å². The third-order valence-electron chi connectivity index (χ3n) is 3.09. The van der Waals surface area contributed by atoms with Gasteiger partial charge in [-0.05, 0) is 43.9 Å². The number of benzene rings is 1. The third kappa shape index (κ3) is 3.13. The largest absolute Gasteiger partial charge is 0.490 e. The highest BCUT2D eigenvalue weighted by Gasteiger charge is 2.15. The molecule has 0 bridgehead atoms. The van der Waals surface area contributed by atoms with Crippen molar-refractivity contribution in [2.45, 2.75) is 38.2 Å². The second-order valence-electron chi connectivity index (χ2n) is 4.43. The van der Waals surface area contributed by atoms with Gasteiger partial charge in [0.2, 0.25) is 0 Å². The molecule has 3 N–H and O–H groups in total. The maximum atomic E-state index is 7.35. The lowest BCUT2D eigenvalue weighted by molar-refractivity contribution is 0.155. The number of amidine groups is 1. The lowest BCUT2D eigenvalue weighted by atomic mass is 9.98. The van der Waals surface area contributed by atoms with Gasteiger partial charge in [0.05, 0.1) is 11.1 Å². The SMILES string of the molecule is N=C(N)c1ccc(OC2CCCCC2)cc1Cl. The number of hydrogen-bond acceptors (Lipinski definition) is 2. The highest BCUT2D eigenvalue weighted by Crippen LogP contribution is 2.26. The Balaban J connectivity index is 2.06. The predicted octanol–water partition coefficient (Wildman–Crippen LogP) is 3.34. The number of ether oxygens (including phenoxy) is 1. The van der Waals surface area contributed by atoms with Gasteiger partial charge in [0, 0.05) is 5.56 Å². The molecule has 4 heteroatoms. The molecule has 0 aliphatic heterocycles. The standard InChI is InChI=1S/C13H17ClN2O/c14-12-8-10(6-7-11(12)13(15)16)17-9-4-2-1-3-5-9/h6-9H,1-5H2,(H3,15,16). The average molecular weight is 253 g/mol. The normalized spacial score (nSPS) is 16.8. The highest BCUT2D eigenvalue weighted by atomic mass is 35.5. The minimum Gasteiger partial charge on any atom is -0.490 e. The van der Waals surface area contributed by atoms with Crippen LogP contribution < -0.4 is 10.5 Å². The predicted molar refractivity (Wildman–Crippen MR) is 70.0 cm³/mol. The van der Waals surface area contributed by atoms with Gasteiger partial charge >= 0.3 is 0 Å². The van der Waals surface area contributed by atoms with Crippen molar-refractivity contribution in [3.63, 3.8) is 0 Å². The summed E-state index contributed by atoms with van der Waals surface area (Å²) in [4.78, 5) is 0. The lowest BCUT2D eigenvalue weighted by Gasteiger charge is -2.23. The van der Waals surface area contributed by atoms with Crippen molar-refractivity contribution >= 4 is 17.4 Å². The monoisotopic (exact) mass is 252 g/mol. The first-order chi connectivity index (χ1) is 8.16. The topological polar surface area (TPSA) is 59.1 Å². The lowest BCUT2D eigenvalue weighted by Crippen LogP contribution is -2.19. The summed E-state index contributed by atoms with van der Waals surface area (Å²) in [5.74, 6) is 0.756. The van der Waals surface area contributed by atoms with Gasteiger partial charge in [0.15, 0.2) is 0 Å². The zero-order valence-electron chi connectivity index (χ0n) is 9.71. The summed E-state index contributed by atoms with van der Waals surface area (Å²) >= 11 is 6.04. The molecular formula is C13H17ClN2O. The first kappa shape index (κ1) is 12.2. The Labute approximate surface area is 106 Å². The van der Waals surface area contributed by atoms with Crippen molar-refractivity contribution in [2.75, 3.05) is 0 Å². The van der Waals surface area contributed by atoms with E-state index in [2.05, 4.69) is 0 Å². The number of nitrogens with one attached hydrogen (secondary N) is 1. The van der Waals surface area contributed by atoms with E-state index in [0.29, 0.717) is 16.7 Å². The van der Waals surface area contributed by atoms with Crippen LogP contribution in [0.3, 0.4) is 0 Å². The molecule has 1 aliphatic carbocycles. The van der Waals surface area contributed by atoms with Crippen LogP contribution in [-0.2, 0) is 0 Å². The first-order valence-electron chi connectivity index (χ1n) is 5.97. The molecule has 2 rings (SSSR count). The average Bonchev–Trinajstić information content (AvgIpc) is 2.30. The fourth-order valence-electron chi connectivity index (χ4n) is 2.16. The van der Waals surface area contributed by atoms with Gasteiger partial charge in [-0.25, -0.2) is 0 Å². The number of hydrogen-bond donors (Lipinski definition) is 2. The molecular weight excluding hydrogens is 236 g/mol. The molecule has 0 unspecified atom stereocenters. The Morgan fingerprint density at radius 2 is 2.00 bits per heavy atom. The van der Waals surface area contributed by atoms with Crippen LogP contribution in [-0.4, -0.2) is 11.9 Å². The zero-order chi connectivity index (χ0) is 12.3. The van der Waals surface area contributed by atoms with E-state index in [1.54, 1.807) is 12.1 Å². The van der Waals surface area contributed by atoms with Crippen LogP contribution in [0, 0.1) is 5.41 Å². The zero-order valence-corrected chi connectivity index (χ0v) is 10.5. The molecule has 0 spiro atoms. The van der Waals surface area contributed by atoms with E-state index in [0.717, 1.165) is 18.6 Å². The molecule has 0 aromatic heterocycles. The Bertz CT molecular complexity index is 414. The van der Waals surface area contributed by atoms with Gasteiger partial charge in [-0.1, -0.05) is 18.0 Å². The van der Waals surface area contributed by atoms with Gasteiger partial charge < -0.3 is 10.5 Å². The molecule has 1 aliphatic rings. The fraction of sp³-hybridized carbons (Fsp3) is 0.462. The van der Waals surface area contributed by atoms with Crippen LogP contribution in [0.15, 0.2) is 18.2 Å². The van der Waals surface area contributed by atoms with E-state index in [-0.39, 0.29) is 5.84 Å². The Hall–Kier alpha value is -1.22. The molecule has 0 atom stereocenters. The Morgan fingerprint density at radius 1 is 1.29 bits per heavy atom. The third-order valence-corrected chi connectivity index (χ3v) is 3.40. The van der Waals surface area contributed by atoms with Crippen LogP contribution in [0.1, 0.15) is 37.7 Å². The molecule has 0 heterocycles. The second-order valence-corrected chi connectivity index (χ2v) is 4.84. The molecule has 92 valence electrons. The number of nitrogens with two attached hydrogens (primary N) is 1. The molecule has 1 aromatic rings. The van der Waals surface area contributed by atoms with Gasteiger partial charge in [0.1, 0.15) is 11.6 Å². The van der Waals surface area contributed by atoms with Crippen molar-refractivity contribution in [1.82, 2.24) is 0 Å². The van der Waals surface area contributed by atoms with E-state index in [4.69, 9.17) is 27.5 Å². The summed E-state index contributed by atoms with van der Waals surface area (Å²) in [6, 6.07) is 5.31. The summed E-state index contributed by atoms with van der Waals surface area (Å²) in [5, 5.41) is 7.83. The van der Waals surface area contributed by atoms with E-state index in [1.165, 1.54) is 19.3 Å². The van der Waals surface area contributed by atoms with Crippen LogP contribution in [0.5, 0.6) is 5.75 Å². The number of halogens is 1. The molecule has 0 amide bonds. The summed E-state index contributed by atoms with van der Waals surface area (Å²) < 4.78 is 5.88. The van der Waals surface area contributed by atoms with Gasteiger partial charge in [-0.3, -0.25) is 5.41 Å². The fourth-order valence-corrected chi connectivity index (χ4v) is 2.44. The van der Waals surface area contributed by atoms with E-state index in [1.807, 2.05) is 6.07 Å². The smallest absolute Gasteiger partial charge is 0.124 e. The molecule has 1 aromatic carbocycles. The van der Waals surface area contributed by atoms with Crippen LogP contribution in [0.2, 0.25) is 5.02 Å². The molecule has 1 fully saturated rings. The maximum absolute atomic E-state index is 7.35. The van der Waals surface area contributed by atoms with Crippen molar-refractivity contribution in [3.05, 3.63) is 28.8 Å². The van der Waals surface area contributed by atoms with Crippen molar-refractivity contribution in [3.8, 4) is 5.75 Å². The maximum Gasteiger partial charge on any atom is 0.124 e. The van der Waals surface area contributed by atoms with Crippen LogP contribution >= 0.6 is 11.6 Å². The molecule has 0 radical (unpaired) electrons. The first-order valence-corrected chi connectivity index (χ1v) is 6.35. The van der Waals surface area contributed by atoms with Crippen molar-refractivity contribution in [1.29, 1.82) is 5.41 Å². The summed E-state index contributed by atoms with van der Waals surface area (Å²) in [7, 11) is 0. The molecule has 0 saturated heterocycles. The minimum absolute atomic E-state index is 0.0146. The van der Waals surface area contributed by atoms with Gasteiger partial charge in [-0.2, -0.15) is 0 Å². The van der Waals surface area contributed by atoms with Gasteiger partial charge in [-0.15, -0.1) is 0 Å². The highest BCUT2D eigenvalue weighted by molar-refractivity contribution is 6.34. The van der Waals surface area contributed by atoms with E-state index >= 15 is 0 Å².